The Morgan fingerprint density at radius 2 is 1.02 bits per heavy atom. The van der Waals surface area contributed by atoms with E-state index in [1.807, 2.05) is 37.3 Å². The van der Waals surface area contributed by atoms with Gasteiger partial charge in [-0.25, -0.2) is 0 Å². The largest absolute Gasteiger partial charge is 0.497 e. The number of carbonyl (C=O) groups is 7. The van der Waals surface area contributed by atoms with Gasteiger partial charge >= 0.3 is 17.9 Å². The zero-order chi connectivity index (χ0) is 60.4. The summed E-state index contributed by atoms with van der Waals surface area (Å²) >= 11 is 6.83. The third-order valence-corrected chi connectivity index (χ3v) is 16.2. The van der Waals surface area contributed by atoms with E-state index < -0.39 is 30.3 Å². The van der Waals surface area contributed by atoms with Gasteiger partial charge in [0.05, 0.1) is 43.2 Å². The number of carbonyl (C=O) groups excluding carboxylic acids is 7. The highest BCUT2D eigenvalue weighted by molar-refractivity contribution is 9.10. The molecule has 0 aliphatic heterocycles. The van der Waals surface area contributed by atoms with E-state index in [9.17, 15) is 33.6 Å². The molecule has 0 spiro atoms. The van der Waals surface area contributed by atoms with E-state index in [2.05, 4.69) is 53.9 Å². The van der Waals surface area contributed by atoms with Crippen molar-refractivity contribution < 1.29 is 52.5 Å². The molecule has 5 aliphatic rings. The lowest BCUT2D eigenvalue weighted by Crippen LogP contribution is -2.33. The summed E-state index contributed by atoms with van der Waals surface area (Å²) in [5, 5.41) is 26.6. The van der Waals surface area contributed by atoms with Crippen LogP contribution < -0.4 is 20.7 Å². The summed E-state index contributed by atoms with van der Waals surface area (Å²) < 4.78 is 23.6. The number of nitrogens with zero attached hydrogens (tertiary/aromatic N) is 2. The van der Waals surface area contributed by atoms with Gasteiger partial charge in [-0.1, -0.05) is 119 Å². The summed E-state index contributed by atoms with van der Waals surface area (Å²) in [4.78, 5) is 87.9. The van der Waals surface area contributed by atoms with Crippen LogP contribution in [0.4, 0.5) is 0 Å². The maximum absolute atomic E-state index is 12.7. The van der Waals surface area contributed by atoms with Gasteiger partial charge in [0.2, 0.25) is 18.3 Å². The highest BCUT2D eigenvalue weighted by Gasteiger charge is 2.34. The van der Waals surface area contributed by atoms with Crippen molar-refractivity contribution in [3.63, 3.8) is 0 Å². The first kappa shape index (κ1) is 63.1. The molecule has 442 valence electrons. The van der Waals surface area contributed by atoms with Crippen molar-refractivity contribution in [2.75, 3.05) is 7.11 Å². The molecule has 4 saturated carbocycles. The summed E-state index contributed by atoms with van der Waals surface area (Å²) in [6, 6.07) is 36.1. The molecule has 0 heterocycles. The number of nitriles is 2. The molecule has 0 saturated heterocycles. The molecule has 3 atom stereocenters. The second-order valence-electron chi connectivity index (χ2n) is 22.0. The van der Waals surface area contributed by atoms with Crippen molar-refractivity contribution in [3.05, 3.63) is 174 Å². The minimum atomic E-state index is -1.04. The number of Topliss-reactive ketones (excluding diaryl/α,β-unsaturated/α-hetero) is 1. The number of benzene rings is 5. The average Bonchev–Trinajstić information content (AvgIpc) is 4.52. The Labute approximate surface area is 512 Å². The Morgan fingerprint density at radius 1 is 0.553 bits per heavy atom. The molecule has 3 unspecified atom stereocenters. The van der Waals surface area contributed by atoms with Crippen LogP contribution in [-0.2, 0) is 49.4 Å². The molecule has 0 bridgehead atoms. The minimum absolute atomic E-state index is 0.00978. The van der Waals surface area contributed by atoms with Crippen molar-refractivity contribution >= 4 is 78.8 Å². The predicted molar refractivity (Wildman–Crippen MR) is 324 cm³/mol. The van der Waals surface area contributed by atoms with Crippen molar-refractivity contribution in [2.24, 2.45) is 5.92 Å². The Morgan fingerprint density at radius 3 is 1.51 bits per heavy atom. The van der Waals surface area contributed by atoms with Crippen molar-refractivity contribution in [1.82, 2.24) is 16.0 Å². The summed E-state index contributed by atoms with van der Waals surface area (Å²) in [5.74, 6) is -1.31. The van der Waals surface area contributed by atoms with Gasteiger partial charge in [0.1, 0.15) is 5.75 Å². The summed E-state index contributed by atoms with van der Waals surface area (Å²) in [6.07, 6.45) is 12.8. The van der Waals surface area contributed by atoms with E-state index in [0.717, 1.165) is 77.0 Å². The SMILES string of the molecule is COc1ccc(C)c(C(=O)CCC(=O)OC(C(=O)NC2CC2)c2ccc(Br)cc2)c1.N#Cc1ccc(C(OC(=O)CC2=CCc3ccc(Br)cc32)C(=O)NC2CC2)cc1.N#Cc1ccc(C(OC(=O)CCC2CCCCC2)C(=O)NC2CC2)cc1. The average molecular weight is 1280 g/mol. The quantitative estimate of drug-likeness (QED) is 0.0332. The summed E-state index contributed by atoms with van der Waals surface area (Å²) in [7, 11) is 1.53. The number of rotatable bonds is 22. The molecule has 3 amide bonds. The normalized spacial score (nSPS) is 16.0. The molecular formula is C67H69Br2N5O11. The molecule has 85 heavy (non-hydrogen) atoms. The highest BCUT2D eigenvalue weighted by Crippen LogP contribution is 2.34. The Balaban J connectivity index is 0.000000166. The molecule has 4 fully saturated rings. The number of ether oxygens (including phenoxy) is 4. The molecule has 5 aliphatic carbocycles. The van der Waals surface area contributed by atoms with Crippen LogP contribution in [0.15, 0.2) is 124 Å². The number of halogens is 2. The fraction of sp³-hybridized carbons (Fsp3) is 0.388. The fourth-order valence-corrected chi connectivity index (χ4v) is 10.5. The third kappa shape index (κ3) is 19.6. The van der Waals surface area contributed by atoms with Crippen LogP contribution in [0.2, 0.25) is 0 Å². The van der Waals surface area contributed by atoms with Gasteiger partial charge in [-0.15, -0.1) is 0 Å². The second kappa shape index (κ2) is 30.8. The Bertz CT molecular complexity index is 3340. The molecule has 18 heteroatoms. The number of aryl methyl sites for hydroxylation is 1. The molecule has 5 aromatic rings. The van der Waals surface area contributed by atoms with Crippen LogP contribution in [0.5, 0.6) is 5.75 Å². The first-order valence-corrected chi connectivity index (χ1v) is 30.6. The maximum atomic E-state index is 12.7. The minimum Gasteiger partial charge on any atom is -0.497 e. The molecule has 5 aromatic carbocycles. The standard InChI is InChI=1S/C23H19BrN2O3.C23H24BrNO5.C21H26N2O3/c24-18-8-7-15-5-6-17(20(15)12-18)11-21(27)29-22(23(28)26-19-9-10-19)16-3-1-14(13-25)2-4-16;1-14-3-10-18(29-2)13-19(14)20(26)11-12-21(27)30-22(23(28)25-17-8-9-17)15-4-6-16(24)7-5-15;22-14-16-6-9-17(10-7-16)20(21(25)23-18-11-12-18)26-19(24)13-8-15-4-2-1-3-5-15/h1-4,6-8,12,19,22H,5,9-11H2,(H,26,28);3-7,10,13,17,22H,8-9,11-12H2,1-2H3,(H,25,28);6-7,9-10,15,18,20H,1-5,8,11-13H2,(H,23,25). The lowest BCUT2D eigenvalue weighted by atomic mass is 9.86. The monoisotopic (exact) mass is 1280 g/mol. The van der Waals surface area contributed by atoms with Gasteiger partial charge in [0, 0.05) is 62.2 Å². The van der Waals surface area contributed by atoms with Gasteiger partial charge in [-0.05, 0) is 147 Å². The van der Waals surface area contributed by atoms with Gasteiger partial charge in [-0.2, -0.15) is 10.5 Å². The van der Waals surface area contributed by atoms with E-state index in [0.29, 0.717) is 51.5 Å². The number of nitrogens with one attached hydrogen (secondary N) is 3. The topological polar surface area (TPSA) is 240 Å². The van der Waals surface area contributed by atoms with Gasteiger partial charge in [-0.3, -0.25) is 33.6 Å². The number of amides is 3. The molecular weight excluding hydrogens is 1210 g/mol. The number of esters is 3. The number of hydrogen-bond donors (Lipinski definition) is 3. The van der Waals surface area contributed by atoms with Gasteiger partial charge in [0.15, 0.2) is 5.78 Å². The Hall–Kier alpha value is -7.93. The van der Waals surface area contributed by atoms with Gasteiger partial charge in [0.25, 0.3) is 17.7 Å². The lowest BCUT2D eigenvalue weighted by Gasteiger charge is -2.22. The van der Waals surface area contributed by atoms with Crippen LogP contribution in [-0.4, -0.2) is 66.6 Å². The zero-order valence-corrected chi connectivity index (χ0v) is 50.8. The lowest BCUT2D eigenvalue weighted by molar-refractivity contribution is -0.157. The Kier molecular flexibility index (Phi) is 22.8. The van der Waals surface area contributed by atoms with Crippen LogP contribution in [0, 0.1) is 35.5 Å². The van der Waals surface area contributed by atoms with Crippen LogP contribution in [0.25, 0.3) is 5.57 Å². The second-order valence-corrected chi connectivity index (χ2v) is 23.9. The number of allylic oxidation sites excluding steroid dienone is 1. The maximum Gasteiger partial charge on any atom is 0.311 e. The van der Waals surface area contributed by atoms with Crippen molar-refractivity contribution in [3.8, 4) is 17.9 Å². The van der Waals surface area contributed by atoms with E-state index in [1.165, 1.54) is 44.8 Å². The van der Waals surface area contributed by atoms with E-state index in [1.54, 1.807) is 91.0 Å². The smallest absolute Gasteiger partial charge is 0.311 e. The van der Waals surface area contributed by atoms with Crippen LogP contribution in [0.1, 0.15) is 176 Å². The van der Waals surface area contributed by atoms with Crippen molar-refractivity contribution in [2.45, 2.75) is 153 Å². The highest BCUT2D eigenvalue weighted by atomic mass is 79.9. The van der Waals surface area contributed by atoms with E-state index in [4.69, 9.17) is 29.5 Å². The van der Waals surface area contributed by atoms with Gasteiger partial charge < -0.3 is 34.9 Å². The number of fused-ring (bicyclic) bond motifs is 1. The molecule has 0 radical (unpaired) electrons. The number of methoxy groups -OCH3 is 1. The first-order valence-electron chi connectivity index (χ1n) is 29.0. The van der Waals surface area contributed by atoms with E-state index in [-0.39, 0.29) is 66.9 Å². The van der Waals surface area contributed by atoms with Crippen LogP contribution >= 0.6 is 31.9 Å². The van der Waals surface area contributed by atoms with Crippen LogP contribution in [0.3, 0.4) is 0 Å². The first-order chi connectivity index (χ1) is 41.0. The summed E-state index contributed by atoms with van der Waals surface area (Å²) in [5.41, 5.74) is 7.18. The summed E-state index contributed by atoms with van der Waals surface area (Å²) in [6.45, 7) is 1.83. The molecule has 16 nitrogen and oxygen atoms in total. The van der Waals surface area contributed by atoms with E-state index >= 15 is 0 Å². The van der Waals surface area contributed by atoms with Crippen molar-refractivity contribution in [1.29, 1.82) is 10.5 Å². The molecule has 10 rings (SSSR count). The molecule has 0 aromatic heterocycles. The number of hydrogen-bond acceptors (Lipinski definition) is 13. The third-order valence-electron chi connectivity index (χ3n) is 15.2. The fourth-order valence-electron chi connectivity index (χ4n) is 9.86. The predicted octanol–water partition coefficient (Wildman–Crippen LogP) is 12.3. The molecule has 3 N–H and O–H groups in total. The zero-order valence-electron chi connectivity index (χ0n) is 47.7. The number of ketones is 1.